The molecule has 2 N–H and O–H groups in total. The quantitative estimate of drug-likeness (QED) is 0.669. The summed E-state index contributed by atoms with van der Waals surface area (Å²) in [6, 6.07) is 9.72. The molecular weight excluding hydrogens is 362 g/mol. The van der Waals surface area contributed by atoms with Gasteiger partial charge in [-0.25, -0.2) is 0 Å². The van der Waals surface area contributed by atoms with Gasteiger partial charge in [0, 0.05) is 25.2 Å². The average Bonchev–Trinajstić information content (AvgIpc) is 3.12. The topological polar surface area (TPSA) is 45.8 Å². The molecule has 0 amide bonds. The number of likely N-dealkylation sites (N-methyl/N-ethyl adjacent to an activating group) is 1. The molecule has 2 fully saturated rings. The third-order valence-electron chi connectivity index (χ3n) is 5.59. The number of ether oxygens (including phenoxy) is 2. The van der Waals surface area contributed by atoms with Crippen LogP contribution in [0.15, 0.2) is 24.3 Å². The Kier molecular flexibility index (Phi) is 9.87. The first-order valence-corrected chi connectivity index (χ1v) is 10.1. The van der Waals surface area contributed by atoms with Crippen LogP contribution >= 0.6 is 12.4 Å². The Morgan fingerprint density at radius 3 is 2.74 bits per heavy atom. The van der Waals surface area contributed by atoms with Crippen LogP contribution in [0.4, 0.5) is 0 Å². The summed E-state index contributed by atoms with van der Waals surface area (Å²) in [5.41, 5.74) is 1.37. The predicted octanol–water partition coefficient (Wildman–Crippen LogP) is 2.34. The molecule has 0 radical (unpaired) electrons. The van der Waals surface area contributed by atoms with Crippen LogP contribution in [-0.4, -0.2) is 70.5 Å². The normalized spacial score (nSPS) is 25.4. The van der Waals surface area contributed by atoms with E-state index >= 15 is 0 Å². The van der Waals surface area contributed by atoms with Crippen molar-refractivity contribution in [3.8, 4) is 5.75 Å². The maximum atomic E-state index is 5.76. The number of benzene rings is 1. The van der Waals surface area contributed by atoms with Crippen molar-refractivity contribution in [2.75, 3.05) is 53.6 Å². The predicted molar refractivity (Wildman–Crippen MR) is 113 cm³/mol. The second kappa shape index (κ2) is 11.9. The third-order valence-corrected chi connectivity index (χ3v) is 5.59. The fourth-order valence-corrected chi connectivity index (χ4v) is 4.08. The number of rotatable bonds is 9. The SMILES string of the molecule is CN(C)CCOc1ccc(CCNC2CCCC2C2COCCN2)cc1.Cl. The smallest absolute Gasteiger partial charge is 0.119 e. The highest BCUT2D eigenvalue weighted by atomic mass is 35.5. The minimum Gasteiger partial charge on any atom is -0.492 e. The van der Waals surface area contributed by atoms with Crippen molar-refractivity contribution in [2.24, 2.45) is 5.92 Å². The molecule has 3 unspecified atom stereocenters. The summed E-state index contributed by atoms with van der Waals surface area (Å²) < 4.78 is 11.4. The molecule has 0 bridgehead atoms. The second-order valence-corrected chi connectivity index (χ2v) is 7.84. The molecule has 1 aromatic rings. The van der Waals surface area contributed by atoms with Gasteiger partial charge >= 0.3 is 0 Å². The first kappa shape index (κ1) is 22.4. The van der Waals surface area contributed by atoms with Gasteiger partial charge in [0.2, 0.25) is 0 Å². The first-order chi connectivity index (χ1) is 12.7. The van der Waals surface area contributed by atoms with Crippen molar-refractivity contribution in [1.82, 2.24) is 15.5 Å². The molecule has 1 saturated carbocycles. The van der Waals surface area contributed by atoms with Crippen LogP contribution in [0, 0.1) is 5.92 Å². The molecule has 1 aliphatic heterocycles. The zero-order valence-electron chi connectivity index (χ0n) is 16.8. The van der Waals surface area contributed by atoms with Gasteiger partial charge in [0.1, 0.15) is 12.4 Å². The van der Waals surface area contributed by atoms with E-state index in [9.17, 15) is 0 Å². The maximum absolute atomic E-state index is 5.76. The van der Waals surface area contributed by atoms with Crippen LogP contribution < -0.4 is 15.4 Å². The minimum atomic E-state index is 0. The van der Waals surface area contributed by atoms with Gasteiger partial charge in [-0.2, -0.15) is 0 Å². The molecule has 1 saturated heterocycles. The zero-order chi connectivity index (χ0) is 18.2. The lowest BCUT2D eigenvalue weighted by atomic mass is 9.94. The highest BCUT2D eigenvalue weighted by Crippen LogP contribution is 2.29. The number of nitrogens with zero attached hydrogens (tertiary/aromatic N) is 1. The number of nitrogens with one attached hydrogen (secondary N) is 2. The van der Waals surface area contributed by atoms with Crippen molar-refractivity contribution in [1.29, 1.82) is 0 Å². The molecule has 5 nitrogen and oxygen atoms in total. The lowest BCUT2D eigenvalue weighted by Crippen LogP contribution is -2.51. The number of hydrogen-bond donors (Lipinski definition) is 2. The van der Waals surface area contributed by atoms with Gasteiger partial charge in [0.05, 0.1) is 13.2 Å². The molecule has 154 valence electrons. The summed E-state index contributed by atoms with van der Waals surface area (Å²) in [5.74, 6) is 1.67. The Morgan fingerprint density at radius 1 is 1.22 bits per heavy atom. The molecule has 1 aliphatic carbocycles. The summed E-state index contributed by atoms with van der Waals surface area (Å²) in [5, 5.41) is 7.45. The van der Waals surface area contributed by atoms with Crippen molar-refractivity contribution >= 4 is 12.4 Å². The number of morpholine rings is 1. The first-order valence-electron chi connectivity index (χ1n) is 10.1. The highest BCUT2D eigenvalue weighted by Gasteiger charge is 2.34. The van der Waals surface area contributed by atoms with Gasteiger partial charge in [-0.1, -0.05) is 18.6 Å². The molecule has 6 heteroatoms. The molecule has 27 heavy (non-hydrogen) atoms. The van der Waals surface area contributed by atoms with Crippen LogP contribution in [-0.2, 0) is 11.2 Å². The van der Waals surface area contributed by atoms with E-state index in [-0.39, 0.29) is 12.4 Å². The Hall–Kier alpha value is -0.850. The lowest BCUT2D eigenvalue weighted by molar-refractivity contribution is 0.0526. The molecule has 0 aromatic heterocycles. The zero-order valence-corrected chi connectivity index (χ0v) is 17.6. The monoisotopic (exact) mass is 397 g/mol. The Labute approximate surface area is 170 Å². The summed E-state index contributed by atoms with van der Waals surface area (Å²) in [6.45, 7) is 5.44. The Balaban J connectivity index is 0.00000261. The van der Waals surface area contributed by atoms with Crippen molar-refractivity contribution < 1.29 is 9.47 Å². The van der Waals surface area contributed by atoms with Crippen LogP contribution in [0.3, 0.4) is 0 Å². The molecule has 3 atom stereocenters. The average molecular weight is 398 g/mol. The molecule has 2 aliphatic rings. The summed E-state index contributed by atoms with van der Waals surface area (Å²) in [6.07, 6.45) is 5.01. The van der Waals surface area contributed by atoms with Gasteiger partial charge in [-0.05, 0) is 63.5 Å². The van der Waals surface area contributed by atoms with Crippen molar-refractivity contribution in [2.45, 2.75) is 37.8 Å². The minimum absolute atomic E-state index is 0. The standard InChI is InChI=1S/C21H35N3O2.ClH/c1-24(2)13-15-26-18-8-6-17(7-9-18)10-11-22-20-5-3-4-19(20)21-16-25-14-12-23-21;/h6-9,19-23H,3-5,10-16H2,1-2H3;1H. The van der Waals surface area contributed by atoms with E-state index in [0.29, 0.717) is 18.0 Å². The van der Waals surface area contributed by atoms with E-state index in [1.165, 1.54) is 24.8 Å². The number of halogens is 1. The lowest BCUT2D eigenvalue weighted by Gasteiger charge is -2.33. The van der Waals surface area contributed by atoms with Gasteiger partial charge < -0.3 is 25.0 Å². The van der Waals surface area contributed by atoms with Crippen LogP contribution in [0.2, 0.25) is 0 Å². The molecule has 0 spiro atoms. The highest BCUT2D eigenvalue weighted by molar-refractivity contribution is 5.85. The van der Waals surface area contributed by atoms with E-state index < -0.39 is 0 Å². The van der Waals surface area contributed by atoms with Crippen LogP contribution in [0.25, 0.3) is 0 Å². The Bertz CT molecular complexity index is 521. The van der Waals surface area contributed by atoms with Crippen molar-refractivity contribution in [3.05, 3.63) is 29.8 Å². The van der Waals surface area contributed by atoms with E-state index in [0.717, 1.165) is 51.6 Å². The van der Waals surface area contributed by atoms with E-state index in [1.54, 1.807) is 0 Å². The summed E-state index contributed by atoms with van der Waals surface area (Å²) >= 11 is 0. The molecule has 3 rings (SSSR count). The largest absolute Gasteiger partial charge is 0.492 e. The van der Waals surface area contributed by atoms with Gasteiger partial charge in [0.15, 0.2) is 0 Å². The molecule has 1 heterocycles. The van der Waals surface area contributed by atoms with Gasteiger partial charge in [-0.15, -0.1) is 12.4 Å². The van der Waals surface area contributed by atoms with E-state index in [4.69, 9.17) is 9.47 Å². The summed E-state index contributed by atoms with van der Waals surface area (Å²) in [4.78, 5) is 2.13. The van der Waals surface area contributed by atoms with Crippen molar-refractivity contribution in [3.63, 3.8) is 0 Å². The fraction of sp³-hybridized carbons (Fsp3) is 0.714. The van der Waals surface area contributed by atoms with Gasteiger partial charge in [0.25, 0.3) is 0 Å². The second-order valence-electron chi connectivity index (χ2n) is 7.84. The fourth-order valence-electron chi connectivity index (χ4n) is 4.08. The van der Waals surface area contributed by atoms with Gasteiger partial charge in [-0.3, -0.25) is 0 Å². The molecular formula is C21H36ClN3O2. The Morgan fingerprint density at radius 2 is 2.04 bits per heavy atom. The van der Waals surface area contributed by atoms with E-state index in [2.05, 4.69) is 53.9 Å². The van der Waals surface area contributed by atoms with Crippen LogP contribution in [0.1, 0.15) is 24.8 Å². The summed E-state index contributed by atoms with van der Waals surface area (Å²) in [7, 11) is 4.12. The third kappa shape index (κ3) is 7.24. The van der Waals surface area contributed by atoms with Crippen LogP contribution in [0.5, 0.6) is 5.75 Å². The van der Waals surface area contributed by atoms with E-state index in [1.807, 2.05) is 0 Å². The number of hydrogen-bond acceptors (Lipinski definition) is 5. The molecule has 1 aromatic carbocycles. The maximum Gasteiger partial charge on any atom is 0.119 e.